The largest absolute Gasteiger partial charge is 0.494 e. The monoisotopic (exact) mass is 285 g/mol. The highest BCUT2D eigenvalue weighted by Gasteiger charge is 2.10. The molecule has 2 rings (SSSR count). The molecule has 4 heteroatoms. The number of imidazole rings is 1. The molecular weight excluding hydrogens is 262 g/mol. The van der Waals surface area contributed by atoms with Crippen LogP contribution in [0.25, 0.3) is 11.0 Å². The fourth-order valence-corrected chi connectivity index (χ4v) is 2.38. The highest BCUT2D eigenvalue weighted by Crippen LogP contribution is 2.22. The van der Waals surface area contributed by atoms with Crippen LogP contribution in [0.15, 0.2) is 18.2 Å². The molecule has 0 aliphatic heterocycles. The minimum atomic E-state index is 0.549. The zero-order valence-corrected chi connectivity index (χ0v) is 12.9. The van der Waals surface area contributed by atoms with Crippen LogP contribution in [0.2, 0.25) is 0 Å². The lowest BCUT2D eigenvalue weighted by molar-refractivity contribution is 0.340. The van der Waals surface area contributed by atoms with Gasteiger partial charge >= 0.3 is 0 Å². The normalized spacial score (nSPS) is 10.7. The van der Waals surface area contributed by atoms with Crippen LogP contribution in [-0.4, -0.2) is 29.2 Å². The molecule has 21 heavy (non-hydrogen) atoms. The van der Waals surface area contributed by atoms with Gasteiger partial charge in [-0.05, 0) is 32.0 Å². The number of nitrogens with zero attached hydrogens (tertiary/aromatic N) is 2. The third-order valence-corrected chi connectivity index (χ3v) is 3.31. The zero-order valence-electron chi connectivity index (χ0n) is 12.9. The maximum atomic E-state index is 5.53. The van der Waals surface area contributed by atoms with Gasteiger partial charge in [-0.3, -0.25) is 0 Å². The first-order valence-electron chi connectivity index (χ1n) is 7.56. The van der Waals surface area contributed by atoms with Gasteiger partial charge in [0.15, 0.2) is 0 Å². The first kappa shape index (κ1) is 15.4. The van der Waals surface area contributed by atoms with E-state index >= 15 is 0 Å². The number of ether oxygens (including phenoxy) is 1. The fraction of sp³-hybridized carbons (Fsp3) is 0.471. The number of aromatic nitrogens is 2. The topological polar surface area (TPSA) is 39.1 Å². The lowest BCUT2D eigenvalue weighted by Gasteiger charge is -2.06. The Kier molecular flexibility index (Phi) is 5.65. The molecule has 0 saturated heterocycles. The van der Waals surface area contributed by atoms with Gasteiger partial charge in [0.05, 0.1) is 24.2 Å². The molecule has 0 saturated carbocycles. The van der Waals surface area contributed by atoms with Crippen molar-refractivity contribution in [1.82, 2.24) is 14.9 Å². The van der Waals surface area contributed by atoms with Gasteiger partial charge in [-0.2, -0.15) is 0 Å². The van der Waals surface area contributed by atoms with Crippen molar-refractivity contribution >= 4 is 11.0 Å². The Labute approximate surface area is 126 Å². The summed E-state index contributed by atoms with van der Waals surface area (Å²) in [7, 11) is 0. The molecule has 0 aliphatic carbocycles. The summed E-state index contributed by atoms with van der Waals surface area (Å²) in [4.78, 5) is 4.72. The van der Waals surface area contributed by atoms with Crippen molar-refractivity contribution in [2.45, 2.75) is 33.2 Å². The van der Waals surface area contributed by atoms with Gasteiger partial charge in [-0.15, -0.1) is 6.42 Å². The predicted octanol–water partition coefficient (Wildman–Crippen LogP) is 2.61. The van der Waals surface area contributed by atoms with E-state index in [1.54, 1.807) is 0 Å². The SMILES string of the molecule is C#CCn1c(CCNCCC)nc2cc(OCC)ccc21. The summed E-state index contributed by atoms with van der Waals surface area (Å²) in [6.45, 7) is 7.30. The molecule has 1 aromatic heterocycles. The quantitative estimate of drug-likeness (QED) is 0.598. The maximum absolute atomic E-state index is 5.53. The lowest BCUT2D eigenvalue weighted by atomic mass is 10.3. The minimum Gasteiger partial charge on any atom is -0.494 e. The van der Waals surface area contributed by atoms with E-state index in [9.17, 15) is 0 Å². The van der Waals surface area contributed by atoms with Crippen molar-refractivity contribution in [3.05, 3.63) is 24.0 Å². The molecular formula is C17H23N3O. The van der Waals surface area contributed by atoms with Gasteiger partial charge in [-0.25, -0.2) is 4.98 Å². The van der Waals surface area contributed by atoms with Gasteiger partial charge in [0.25, 0.3) is 0 Å². The highest BCUT2D eigenvalue weighted by molar-refractivity contribution is 5.78. The van der Waals surface area contributed by atoms with E-state index < -0.39 is 0 Å². The van der Waals surface area contributed by atoms with E-state index in [4.69, 9.17) is 16.1 Å². The Balaban J connectivity index is 2.25. The summed E-state index contributed by atoms with van der Waals surface area (Å²) < 4.78 is 7.64. The molecule has 0 aliphatic rings. The van der Waals surface area contributed by atoms with E-state index in [1.807, 2.05) is 25.1 Å². The fourth-order valence-electron chi connectivity index (χ4n) is 2.38. The smallest absolute Gasteiger partial charge is 0.121 e. The third kappa shape index (κ3) is 3.77. The maximum Gasteiger partial charge on any atom is 0.121 e. The average Bonchev–Trinajstić information content (AvgIpc) is 2.82. The van der Waals surface area contributed by atoms with Crippen molar-refractivity contribution in [3.63, 3.8) is 0 Å². The summed E-state index contributed by atoms with van der Waals surface area (Å²) in [6, 6.07) is 5.99. The Morgan fingerprint density at radius 2 is 2.19 bits per heavy atom. The van der Waals surface area contributed by atoms with Crippen LogP contribution in [0.4, 0.5) is 0 Å². The van der Waals surface area contributed by atoms with Gasteiger partial charge in [0.2, 0.25) is 0 Å². The molecule has 1 N–H and O–H groups in total. The Morgan fingerprint density at radius 1 is 1.33 bits per heavy atom. The van der Waals surface area contributed by atoms with Gasteiger partial charge < -0.3 is 14.6 Å². The van der Waals surface area contributed by atoms with Crippen LogP contribution in [0.5, 0.6) is 5.75 Å². The average molecular weight is 285 g/mol. The van der Waals surface area contributed by atoms with Gasteiger partial charge in [0.1, 0.15) is 11.6 Å². The lowest BCUT2D eigenvalue weighted by Crippen LogP contribution is -2.19. The van der Waals surface area contributed by atoms with E-state index in [-0.39, 0.29) is 0 Å². The number of fused-ring (bicyclic) bond motifs is 1. The molecule has 112 valence electrons. The third-order valence-electron chi connectivity index (χ3n) is 3.31. The molecule has 0 spiro atoms. The summed E-state index contributed by atoms with van der Waals surface area (Å²) in [5, 5.41) is 3.40. The molecule has 1 aromatic carbocycles. The second-order valence-electron chi connectivity index (χ2n) is 4.90. The van der Waals surface area contributed by atoms with Crippen molar-refractivity contribution in [1.29, 1.82) is 0 Å². The van der Waals surface area contributed by atoms with Crippen molar-refractivity contribution < 1.29 is 4.74 Å². The van der Waals surface area contributed by atoms with Crippen molar-refractivity contribution in [2.24, 2.45) is 0 Å². The van der Waals surface area contributed by atoms with Crippen LogP contribution in [-0.2, 0) is 13.0 Å². The molecule has 2 aromatic rings. The van der Waals surface area contributed by atoms with Crippen LogP contribution < -0.4 is 10.1 Å². The van der Waals surface area contributed by atoms with Crippen molar-refractivity contribution in [3.8, 4) is 18.1 Å². The molecule has 1 heterocycles. The van der Waals surface area contributed by atoms with E-state index in [0.29, 0.717) is 13.2 Å². The predicted molar refractivity (Wildman–Crippen MR) is 86.6 cm³/mol. The number of hydrogen-bond donors (Lipinski definition) is 1. The number of benzene rings is 1. The van der Waals surface area contributed by atoms with Gasteiger partial charge in [-0.1, -0.05) is 12.8 Å². The Morgan fingerprint density at radius 3 is 2.90 bits per heavy atom. The van der Waals surface area contributed by atoms with E-state index in [1.165, 1.54) is 0 Å². The highest BCUT2D eigenvalue weighted by atomic mass is 16.5. The van der Waals surface area contributed by atoms with Crippen LogP contribution >= 0.6 is 0 Å². The first-order valence-corrected chi connectivity index (χ1v) is 7.56. The minimum absolute atomic E-state index is 0.549. The molecule has 0 unspecified atom stereocenters. The zero-order chi connectivity index (χ0) is 15.1. The number of terminal acetylenes is 1. The number of hydrogen-bond acceptors (Lipinski definition) is 3. The standard InChI is InChI=1S/C17H23N3O/c1-4-10-18-11-9-17-19-15-13-14(21-6-3)7-8-16(15)20(17)12-5-2/h2,7-8,13,18H,4,6,9-12H2,1,3H3. The second-order valence-corrected chi connectivity index (χ2v) is 4.90. The van der Waals surface area contributed by atoms with E-state index in [0.717, 1.165) is 48.5 Å². The summed E-state index contributed by atoms with van der Waals surface area (Å²) >= 11 is 0. The Bertz CT molecular complexity index is 625. The Hall–Kier alpha value is -1.99. The summed E-state index contributed by atoms with van der Waals surface area (Å²) in [6.07, 6.45) is 7.51. The van der Waals surface area contributed by atoms with Crippen LogP contribution in [0.1, 0.15) is 26.1 Å². The molecule has 0 bridgehead atoms. The second kappa shape index (κ2) is 7.70. The summed E-state index contributed by atoms with van der Waals surface area (Å²) in [5.74, 6) is 4.60. The molecule has 0 atom stereocenters. The number of nitrogens with one attached hydrogen (secondary N) is 1. The van der Waals surface area contributed by atoms with Crippen molar-refractivity contribution in [2.75, 3.05) is 19.7 Å². The molecule has 0 amide bonds. The summed E-state index contributed by atoms with van der Waals surface area (Å²) in [5.41, 5.74) is 2.02. The van der Waals surface area contributed by atoms with E-state index in [2.05, 4.69) is 22.7 Å². The molecule has 4 nitrogen and oxygen atoms in total. The van der Waals surface area contributed by atoms with Crippen LogP contribution in [0, 0.1) is 12.3 Å². The first-order chi connectivity index (χ1) is 10.3. The van der Waals surface area contributed by atoms with Gasteiger partial charge in [0, 0.05) is 19.0 Å². The molecule has 0 fully saturated rings. The number of rotatable bonds is 8. The van der Waals surface area contributed by atoms with Crippen LogP contribution in [0.3, 0.4) is 0 Å². The molecule has 0 radical (unpaired) electrons.